The quantitative estimate of drug-likeness (QED) is 0.293. The summed E-state index contributed by atoms with van der Waals surface area (Å²) in [6, 6.07) is 18.2. The van der Waals surface area contributed by atoms with Crippen LogP contribution in [0.2, 0.25) is 10.0 Å². The van der Waals surface area contributed by atoms with Gasteiger partial charge in [-0.25, -0.2) is 8.42 Å². The van der Waals surface area contributed by atoms with E-state index in [1.54, 1.807) is 49.4 Å². The third-order valence-electron chi connectivity index (χ3n) is 6.44. The van der Waals surface area contributed by atoms with E-state index in [1.165, 1.54) is 42.3 Å². The number of halogens is 2. The van der Waals surface area contributed by atoms with Gasteiger partial charge in [0.1, 0.15) is 18.3 Å². The molecular formula is C29H33Cl2N3O5S. The zero-order chi connectivity index (χ0) is 29.4. The standard InChI is InChI=1S/C29H33Cl2N3O5S/c1-5-20(2)32-29(36)21(3)33(18-22-10-9-11-24(16-22)39-4)28(35)19-34(27-17-23(30)14-15-26(27)31)40(37,38)25-12-7-6-8-13-25/h6-17,20-21H,5,18-19H2,1-4H3,(H,32,36)/t20-,21+/m0/s1. The highest BCUT2D eigenvalue weighted by molar-refractivity contribution is 7.92. The van der Waals surface area contributed by atoms with Crippen LogP contribution in [0.3, 0.4) is 0 Å². The maximum Gasteiger partial charge on any atom is 0.264 e. The van der Waals surface area contributed by atoms with Crippen LogP contribution in [0.5, 0.6) is 5.75 Å². The number of anilines is 1. The van der Waals surface area contributed by atoms with E-state index >= 15 is 0 Å². The molecule has 3 aromatic carbocycles. The highest BCUT2D eigenvalue weighted by Gasteiger charge is 2.33. The van der Waals surface area contributed by atoms with Gasteiger partial charge in [0.25, 0.3) is 10.0 Å². The number of hydrogen-bond acceptors (Lipinski definition) is 5. The second-order valence-electron chi connectivity index (χ2n) is 9.29. The molecule has 0 bridgehead atoms. The molecule has 214 valence electrons. The zero-order valence-corrected chi connectivity index (χ0v) is 25.1. The summed E-state index contributed by atoms with van der Waals surface area (Å²) < 4.78 is 33.9. The van der Waals surface area contributed by atoms with E-state index in [-0.39, 0.29) is 39.1 Å². The van der Waals surface area contributed by atoms with Crippen LogP contribution < -0.4 is 14.4 Å². The molecule has 0 spiro atoms. The molecular weight excluding hydrogens is 573 g/mol. The Morgan fingerprint density at radius 2 is 1.68 bits per heavy atom. The molecule has 0 unspecified atom stereocenters. The molecule has 0 aromatic heterocycles. The first-order valence-corrected chi connectivity index (χ1v) is 14.9. The Morgan fingerprint density at radius 1 is 0.975 bits per heavy atom. The lowest BCUT2D eigenvalue weighted by molar-refractivity contribution is -0.139. The molecule has 0 saturated heterocycles. The van der Waals surface area contributed by atoms with Gasteiger partial charge in [0.05, 0.1) is 22.7 Å². The van der Waals surface area contributed by atoms with Gasteiger partial charge in [-0.15, -0.1) is 0 Å². The Hall–Kier alpha value is -3.27. The minimum Gasteiger partial charge on any atom is -0.497 e. The van der Waals surface area contributed by atoms with Crippen molar-refractivity contribution in [1.29, 1.82) is 0 Å². The fourth-order valence-electron chi connectivity index (χ4n) is 3.93. The van der Waals surface area contributed by atoms with Crippen molar-refractivity contribution in [3.8, 4) is 5.75 Å². The summed E-state index contributed by atoms with van der Waals surface area (Å²) in [7, 11) is -2.72. The van der Waals surface area contributed by atoms with E-state index in [2.05, 4.69) is 5.32 Å². The third-order valence-corrected chi connectivity index (χ3v) is 8.77. The number of ether oxygens (including phenoxy) is 1. The number of carbonyl (C=O) groups excluding carboxylic acids is 2. The molecule has 2 atom stereocenters. The van der Waals surface area contributed by atoms with Crippen LogP contribution in [0.15, 0.2) is 77.7 Å². The topological polar surface area (TPSA) is 96.0 Å². The number of carbonyl (C=O) groups is 2. The van der Waals surface area contributed by atoms with Gasteiger partial charge in [0.2, 0.25) is 11.8 Å². The van der Waals surface area contributed by atoms with Crippen LogP contribution in [0, 0.1) is 0 Å². The molecule has 11 heteroatoms. The van der Waals surface area contributed by atoms with Crippen molar-refractivity contribution >= 4 is 50.7 Å². The van der Waals surface area contributed by atoms with E-state index in [1.807, 2.05) is 13.8 Å². The van der Waals surface area contributed by atoms with E-state index in [0.29, 0.717) is 17.7 Å². The number of benzene rings is 3. The summed E-state index contributed by atoms with van der Waals surface area (Å²) in [4.78, 5) is 28.5. The smallest absolute Gasteiger partial charge is 0.264 e. The van der Waals surface area contributed by atoms with Gasteiger partial charge in [-0.2, -0.15) is 0 Å². The van der Waals surface area contributed by atoms with Crippen molar-refractivity contribution in [1.82, 2.24) is 10.2 Å². The molecule has 0 heterocycles. The summed E-state index contributed by atoms with van der Waals surface area (Å²) >= 11 is 12.6. The number of methoxy groups -OCH3 is 1. The number of amides is 2. The number of rotatable bonds is 12. The van der Waals surface area contributed by atoms with Crippen molar-refractivity contribution in [2.75, 3.05) is 18.0 Å². The van der Waals surface area contributed by atoms with E-state index in [4.69, 9.17) is 27.9 Å². The number of hydrogen-bond donors (Lipinski definition) is 1. The monoisotopic (exact) mass is 605 g/mol. The Bertz CT molecular complexity index is 1440. The van der Waals surface area contributed by atoms with Crippen molar-refractivity contribution in [3.05, 3.63) is 88.4 Å². The normalized spacial score (nSPS) is 12.8. The molecule has 0 fully saturated rings. The van der Waals surface area contributed by atoms with Crippen LogP contribution >= 0.6 is 23.2 Å². The molecule has 3 rings (SSSR count). The van der Waals surface area contributed by atoms with Gasteiger partial charge < -0.3 is 15.0 Å². The van der Waals surface area contributed by atoms with Gasteiger partial charge in [0.15, 0.2) is 0 Å². The fourth-order valence-corrected chi connectivity index (χ4v) is 5.81. The van der Waals surface area contributed by atoms with Crippen molar-refractivity contribution in [3.63, 3.8) is 0 Å². The Kier molecular flexibility index (Phi) is 10.8. The Balaban J connectivity index is 2.06. The second-order valence-corrected chi connectivity index (χ2v) is 12.0. The average molecular weight is 607 g/mol. The third kappa shape index (κ3) is 7.68. The van der Waals surface area contributed by atoms with Gasteiger partial charge in [0, 0.05) is 17.6 Å². The predicted octanol–water partition coefficient (Wildman–Crippen LogP) is 5.53. The van der Waals surface area contributed by atoms with Crippen LogP contribution in [-0.2, 0) is 26.2 Å². The highest BCUT2D eigenvalue weighted by atomic mass is 35.5. The van der Waals surface area contributed by atoms with Gasteiger partial charge in [-0.1, -0.05) is 60.5 Å². The Morgan fingerprint density at radius 3 is 2.33 bits per heavy atom. The average Bonchev–Trinajstić information content (AvgIpc) is 2.95. The summed E-state index contributed by atoms with van der Waals surface area (Å²) in [6.45, 7) is 4.83. The minimum absolute atomic E-state index is 0.0271. The van der Waals surface area contributed by atoms with Crippen LogP contribution in [-0.4, -0.2) is 50.9 Å². The zero-order valence-electron chi connectivity index (χ0n) is 22.8. The Labute approximate surface area is 245 Å². The summed E-state index contributed by atoms with van der Waals surface area (Å²) in [5.74, 6) is -0.380. The van der Waals surface area contributed by atoms with Crippen LogP contribution in [0.4, 0.5) is 5.69 Å². The second kappa shape index (κ2) is 13.9. The molecule has 0 aliphatic heterocycles. The molecule has 0 radical (unpaired) electrons. The first-order chi connectivity index (χ1) is 19.0. The number of nitrogens with zero attached hydrogens (tertiary/aromatic N) is 2. The van der Waals surface area contributed by atoms with Crippen molar-refractivity contribution in [2.45, 2.75) is 50.7 Å². The van der Waals surface area contributed by atoms with Crippen molar-refractivity contribution in [2.24, 2.45) is 0 Å². The lowest BCUT2D eigenvalue weighted by Crippen LogP contribution is -2.52. The predicted molar refractivity (Wildman–Crippen MR) is 158 cm³/mol. The van der Waals surface area contributed by atoms with Gasteiger partial charge in [-0.3, -0.25) is 13.9 Å². The summed E-state index contributed by atoms with van der Waals surface area (Å²) in [5.41, 5.74) is 0.749. The minimum atomic E-state index is -4.25. The number of sulfonamides is 1. The molecule has 0 saturated carbocycles. The largest absolute Gasteiger partial charge is 0.497 e. The maximum absolute atomic E-state index is 14.0. The van der Waals surface area contributed by atoms with Crippen molar-refractivity contribution < 1.29 is 22.7 Å². The molecule has 40 heavy (non-hydrogen) atoms. The SMILES string of the molecule is CC[C@H](C)NC(=O)[C@@H](C)N(Cc1cccc(OC)c1)C(=O)CN(c1cc(Cl)ccc1Cl)S(=O)(=O)c1ccccc1. The first-order valence-electron chi connectivity index (χ1n) is 12.7. The van der Waals surface area contributed by atoms with Gasteiger partial charge in [-0.05, 0) is 68.3 Å². The van der Waals surface area contributed by atoms with E-state index in [0.717, 1.165) is 4.31 Å². The molecule has 1 N–H and O–H groups in total. The maximum atomic E-state index is 14.0. The molecule has 3 aromatic rings. The molecule has 0 aliphatic carbocycles. The molecule has 2 amide bonds. The van der Waals surface area contributed by atoms with E-state index in [9.17, 15) is 18.0 Å². The lowest BCUT2D eigenvalue weighted by Gasteiger charge is -2.32. The lowest BCUT2D eigenvalue weighted by atomic mass is 10.1. The molecule has 0 aliphatic rings. The van der Waals surface area contributed by atoms with E-state index < -0.39 is 28.5 Å². The fraction of sp³-hybridized carbons (Fsp3) is 0.310. The highest BCUT2D eigenvalue weighted by Crippen LogP contribution is 2.33. The van der Waals surface area contributed by atoms with Crippen LogP contribution in [0.1, 0.15) is 32.8 Å². The van der Waals surface area contributed by atoms with Gasteiger partial charge >= 0.3 is 0 Å². The molecule has 8 nitrogen and oxygen atoms in total. The van der Waals surface area contributed by atoms with Crippen LogP contribution in [0.25, 0.3) is 0 Å². The summed E-state index contributed by atoms with van der Waals surface area (Å²) in [6.07, 6.45) is 0.707. The summed E-state index contributed by atoms with van der Waals surface area (Å²) in [5, 5.41) is 3.24. The first kappa shape index (κ1) is 31.3. The number of nitrogens with one attached hydrogen (secondary N) is 1.